The van der Waals surface area contributed by atoms with E-state index >= 15 is 0 Å². The van der Waals surface area contributed by atoms with E-state index in [1.807, 2.05) is 0 Å². The number of nitrogens with zero attached hydrogens (tertiary/aromatic N) is 3. The summed E-state index contributed by atoms with van der Waals surface area (Å²) in [5.74, 6) is 0. The lowest BCUT2D eigenvalue weighted by molar-refractivity contribution is 0.702. The molecule has 1 N–H and O–H groups in total. The van der Waals surface area contributed by atoms with Crippen LogP contribution in [0.25, 0.3) is 0 Å². The van der Waals surface area contributed by atoms with Crippen LogP contribution in [0.5, 0.6) is 0 Å². The SMILES string of the molecule is O=c1[nH]c(=O)n(Cc2csnn2)cc1Cl. The summed E-state index contributed by atoms with van der Waals surface area (Å²) >= 11 is 6.78. The Morgan fingerprint density at radius 2 is 2.33 bits per heavy atom. The zero-order valence-corrected chi connectivity index (χ0v) is 8.88. The Morgan fingerprint density at radius 1 is 1.53 bits per heavy atom. The van der Waals surface area contributed by atoms with E-state index in [4.69, 9.17) is 11.6 Å². The van der Waals surface area contributed by atoms with E-state index in [2.05, 4.69) is 14.6 Å². The van der Waals surface area contributed by atoms with Crippen LogP contribution in [0, 0.1) is 0 Å². The molecule has 0 aliphatic rings. The van der Waals surface area contributed by atoms with Gasteiger partial charge >= 0.3 is 5.69 Å². The fourth-order valence-electron chi connectivity index (χ4n) is 1.03. The molecule has 0 saturated carbocycles. The third-order valence-corrected chi connectivity index (χ3v) is 2.53. The molecule has 0 unspecified atom stereocenters. The van der Waals surface area contributed by atoms with E-state index in [1.165, 1.54) is 22.3 Å². The molecule has 0 spiro atoms. The molecule has 2 aromatic rings. The van der Waals surface area contributed by atoms with Crippen molar-refractivity contribution >= 4 is 23.1 Å². The lowest BCUT2D eigenvalue weighted by atomic mass is 10.5. The van der Waals surface area contributed by atoms with Crippen LogP contribution in [0.4, 0.5) is 0 Å². The van der Waals surface area contributed by atoms with Gasteiger partial charge < -0.3 is 0 Å². The first-order valence-corrected chi connectivity index (χ1v) is 5.13. The van der Waals surface area contributed by atoms with Crippen molar-refractivity contribution in [3.05, 3.63) is 43.1 Å². The monoisotopic (exact) mass is 244 g/mol. The van der Waals surface area contributed by atoms with Gasteiger partial charge in [0, 0.05) is 11.6 Å². The highest BCUT2D eigenvalue weighted by Gasteiger charge is 2.04. The molecule has 78 valence electrons. The Balaban J connectivity index is 2.42. The van der Waals surface area contributed by atoms with Crippen LogP contribution in [0.15, 0.2) is 21.2 Å². The highest BCUT2D eigenvalue weighted by molar-refractivity contribution is 7.03. The van der Waals surface area contributed by atoms with E-state index in [1.54, 1.807) is 5.38 Å². The average Bonchev–Trinajstić information content (AvgIpc) is 2.67. The van der Waals surface area contributed by atoms with Gasteiger partial charge in [0.25, 0.3) is 5.56 Å². The third-order valence-electron chi connectivity index (χ3n) is 1.70. The highest BCUT2D eigenvalue weighted by Crippen LogP contribution is 2.01. The Hall–Kier alpha value is -1.47. The first kappa shape index (κ1) is 10.1. The second kappa shape index (κ2) is 3.95. The summed E-state index contributed by atoms with van der Waals surface area (Å²) in [6, 6.07) is 0. The van der Waals surface area contributed by atoms with Crippen LogP contribution < -0.4 is 11.2 Å². The molecule has 15 heavy (non-hydrogen) atoms. The number of rotatable bonds is 2. The summed E-state index contributed by atoms with van der Waals surface area (Å²) < 4.78 is 4.92. The van der Waals surface area contributed by atoms with Crippen molar-refractivity contribution < 1.29 is 0 Å². The van der Waals surface area contributed by atoms with E-state index < -0.39 is 11.2 Å². The first-order chi connectivity index (χ1) is 7.16. The van der Waals surface area contributed by atoms with E-state index in [0.717, 1.165) is 0 Å². The maximum absolute atomic E-state index is 11.3. The second-order valence-electron chi connectivity index (χ2n) is 2.76. The molecule has 0 saturated heterocycles. The first-order valence-electron chi connectivity index (χ1n) is 3.92. The summed E-state index contributed by atoms with van der Waals surface area (Å²) in [6.45, 7) is 0.242. The predicted molar refractivity (Wildman–Crippen MR) is 55.3 cm³/mol. The molecule has 0 radical (unpaired) electrons. The molecule has 2 heterocycles. The van der Waals surface area contributed by atoms with Crippen molar-refractivity contribution in [2.24, 2.45) is 0 Å². The summed E-state index contributed by atoms with van der Waals surface area (Å²) in [4.78, 5) is 24.4. The maximum Gasteiger partial charge on any atom is 0.328 e. The molecule has 0 fully saturated rings. The lowest BCUT2D eigenvalue weighted by Gasteiger charge is -2.01. The Bertz CT molecular complexity index is 573. The maximum atomic E-state index is 11.3. The molecule has 0 aliphatic heterocycles. The van der Waals surface area contributed by atoms with Gasteiger partial charge in [0.2, 0.25) is 0 Å². The smallest absolute Gasteiger partial charge is 0.293 e. The number of aromatic nitrogens is 4. The molecule has 8 heteroatoms. The van der Waals surface area contributed by atoms with Crippen LogP contribution in [0.3, 0.4) is 0 Å². The van der Waals surface area contributed by atoms with E-state index in [0.29, 0.717) is 5.69 Å². The van der Waals surface area contributed by atoms with E-state index in [-0.39, 0.29) is 11.6 Å². The van der Waals surface area contributed by atoms with Crippen molar-refractivity contribution in [3.8, 4) is 0 Å². The summed E-state index contributed by atoms with van der Waals surface area (Å²) in [7, 11) is 0. The quantitative estimate of drug-likeness (QED) is 0.812. The molecule has 2 aromatic heterocycles. The summed E-state index contributed by atoms with van der Waals surface area (Å²) in [6.07, 6.45) is 1.28. The van der Waals surface area contributed by atoms with Crippen molar-refractivity contribution in [1.82, 2.24) is 19.1 Å². The molecular formula is C7H5ClN4O2S. The summed E-state index contributed by atoms with van der Waals surface area (Å²) in [5, 5.41) is 5.46. The van der Waals surface area contributed by atoms with Gasteiger partial charge in [-0.15, -0.1) is 5.10 Å². The molecule has 0 bridgehead atoms. The molecule has 0 atom stereocenters. The van der Waals surface area contributed by atoms with Crippen molar-refractivity contribution in [1.29, 1.82) is 0 Å². The fraction of sp³-hybridized carbons (Fsp3) is 0.143. The van der Waals surface area contributed by atoms with Crippen molar-refractivity contribution in [2.75, 3.05) is 0 Å². The number of nitrogens with one attached hydrogen (secondary N) is 1. The molecule has 6 nitrogen and oxygen atoms in total. The summed E-state index contributed by atoms with van der Waals surface area (Å²) in [5.41, 5.74) is -0.461. The standard InChI is InChI=1S/C7H5ClN4O2S/c8-5-2-12(7(14)9-6(5)13)1-4-3-15-11-10-4/h2-3H,1H2,(H,9,13,14). The predicted octanol–water partition coefficient (Wildman–Crippen LogP) is 0.0898. The fourth-order valence-corrected chi connectivity index (χ4v) is 1.64. The molecule has 2 rings (SSSR count). The second-order valence-corrected chi connectivity index (χ2v) is 3.78. The van der Waals surface area contributed by atoms with E-state index in [9.17, 15) is 9.59 Å². The van der Waals surface area contributed by atoms with Crippen LogP contribution in [0.1, 0.15) is 5.69 Å². The van der Waals surface area contributed by atoms with Gasteiger partial charge in [-0.2, -0.15) is 0 Å². The van der Waals surface area contributed by atoms with Gasteiger partial charge in [0.1, 0.15) is 5.02 Å². The van der Waals surface area contributed by atoms with Gasteiger partial charge in [0.15, 0.2) is 0 Å². The zero-order chi connectivity index (χ0) is 10.8. The average molecular weight is 245 g/mol. The van der Waals surface area contributed by atoms with Crippen molar-refractivity contribution in [3.63, 3.8) is 0 Å². The number of hydrogen-bond donors (Lipinski definition) is 1. The number of aromatic amines is 1. The van der Waals surface area contributed by atoms with Crippen LogP contribution in [-0.4, -0.2) is 19.1 Å². The number of hydrogen-bond acceptors (Lipinski definition) is 5. The van der Waals surface area contributed by atoms with Crippen LogP contribution in [-0.2, 0) is 6.54 Å². The van der Waals surface area contributed by atoms with Gasteiger partial charge in [-0.25, -0.2) is 4.79 Å². The normalized spacial score (nSPS) is 10.5. The minimum Gasteiger partial charge on any atom is -0.293 e. The number of halogens is 1. The largest absolute Gasteiger partial charge is 0.328 e. The molecule has 0 aromatic carbocycles. The highest BCUT2D eigenvalue weighted by atomic mass is 35.5. The Kier molecular flexibility index (Phi) is 2.65. The van der Waals surface area contributed by atoms with Crippen LogP contribution >= 0.6 is 23.1 Å². The van der Waals surface area contributed by atoms with Gasteiger partial charge in [0.05, 0.1) is 12.2 Å². The molecule has 0 amide bonds. The van der Waals surface area contributed by atoms with Crippen LogP contribution in [0.2, 0.25) is 5.02 Å². The Morgan fingerprint density at radius 3 is 3.00 bits per heavy atom. The lowest BCUT2D eigenvalue weighted by Crippen LogP contribution is -2.30. The molecule has 0 aliphatic carbocycles. The number of H-pyrrole nitrogens is 1. The molecular weight excluding hydrogens is 240 g/mol. The van der Waals surface area contributed by atoms with Gasteiger partial charge in [-0.3, -0.25) is 14.3 Å². The topological polar surface area (TPSA) is 80.6 Å². The zero-order valence-electron chi connectivity index (χ0n) is 7.31. The van der Waals surface area contributed by atoms with Gasteiger partial charge in [-0.05, 0) is 11.5 Å². The van der Waals surface area contributed by atoms with Crippen molar-refractivity contribution in [2.45, 2.75) is 6.54 Å². The Labute approximate surface area is 92.3 Å². The third kappa shape index (κ3) is 2.13. The minimum absolute atomic E-state index is 0.0298. The minimum atomic E-state index is -0.589. The van der Waals surface area contributed by atoms with Gasteiger partial charge in [-0.1, -0.05) is 16.1 Å².